The van der Waals surface area contributed by atoms with Crippen molar-refractivity contribution >= 4 is 11.7 Å². The molecule has 3 aliphatic rings. The van der Waals surface area contributed by atoms with Gasteiger partial charge >= 0.3 is 12.4 Å². The molecule has 2 aliphatic heterocycles. The van der Waals surface area contributed by atoms with Gasteiger partial charge in [-0.25, -0.2) is 4.79 Å². The van der Waals surface area contributed by atoms with E-state index >= 15 is 0 Å². The third kappa shape index (κ3) is 5.24. The molecule has 1 spiro atoms. The van der Waals surface area contributed by atoms with Crippen LogP contribution in [-0.2, 0) is 6.54 Å². The number of rotatable bonds is 5. The summed E-state index contributed by atoms with van der Waals surface area (Å²) >= 11 is 0. The molecule has 9 heteroatoms. The number of nitrogens with zero attached hydrogens (tertiary/aromatic N) is 3. The first-order chi connectivity index (χ1) is 16.3. The molecule has 2 aromatic rings. The fraction of sp³-hybridized carbons (Fsp3) is 0.480. The summed E-state index contributed by atoms with van der Waals surface area (Å²) in [7, 11) is 0. The molecule has 6 nitrogen and oxygen atoms in total. The van der Waals surface area contributed by atoms with E-state index in [0.29, 0.717) is 31.6 Å². The molecular formula is C25H29F3N4O2. The summed E-state index contributed by atoms with van der Waals surface area (Å²) in [6, 6.07) is 16.6. The number of hydrogen-bond donors (Lipinski definition) is 1. The molecule has 34 heavy (non-hydrogen) atoms. The van der Waals surface area contributed by atoms with Crippen LogP contribution in [0.25, 0.3) is 0 Å². The predicted molar refractivity (Wildman–Crippen MR) is 123 cm³/mol. The molecule has 1 N–H and O–H groups in total. The highest BCUT2D eigenvalue weighted by atomic mass is 19.4. The minimum atomic E-state index is -4.69. The van der Waals surface area contributed by atoms with Gasteiger partial charge in [-0.05, 0) is 48.1 Å². The van der Waals surface area contributed by atoms with Crippen LogP contribution in [0, 0.1) is 5.41 Å². The van der Waals surface area contributed by atoms with Crippen LogP contribution in [0.2, 0.25) is 0 Å². The number of ether oxygens (including phenoxy) is 1. The van der Waals surface area contributed by atoms with Crippen molar-refractivity contribution in [1.82, 2.24) is 15.1 Å². The summed E-state index contributed by atoms with van der Waals surface area (Å²) in [5, 5.41) is 3.18. The molecule has 1 saturated carbocycles. The average molecular weight is 475 g/mol. The number of piperazine rings is 1. The summed E-state index contributed by atoms with van der Waals surface area (Å²) in [6.07, 6.45) is -2.62. The van der Waals surface area contributed by atoms with Crippen molar-refractivity contribution in [2.24, 2.45) is 5.41 Å². The Kier molecular flexibility index (Phi) is 6.06. The number of amides is 2. The van der Waals surface area contributed by atoms with E-state index in [2.05, 4.69) is 44.1 Å². The summed E-state index contributed by atoms with van der Waals surface area (Å²) in [4.78, 5) is 19.1. The number of benzene rings is 2. The predicted octanol–water partition coefficient (Wildman–Crippen LogP) is 4.08. The topological polar surface area (TPSA) is 48.1 Å². The summed E-state index contributed by atoms with van der Waals surface area (Å²) in [6.45, 7) is 5.61. The van der Waals surface area contributed by atoms with Gasteiger partial charge in [-0.15, -0.1) is 13.2 Å². The number of anilines is 1. The molecule has 2 aromatic carbocycles. The molecule has 0 atom stereocenters. The maximum absolute atomic E-state index is 12.7. The van der Waals surface area contributed by atoms with E-state index in [1.54, 1.807) is 12.1 Å². The fourth-order valence-electron chi connectivity index (χ4n) is 5.49. The Balaban J connectivity index is 1.02. The second kappa shape index (κ2) is 9.02. The van der Waals surface area contributed by atoms with Crippen LogP contribution >= 0.6 is 0 Å². The summed E-state index contributed by atoms with van der Waals surface area (Å²) < 4.78 is 40.9. The Morgan fingerprint density at radius 1 is 0.971 bits per heavy atom. The van der Waals surface area contributed by atoms with Crippen molar-refractivity contribution < 1.29 is 22.7 Å². The van der Waals surface area contributed by atoms with Crippen molar-refractivity contribution in [3.63, 3.8) is 0 Å². The zero-order chi connectivity index (χ0) is 23.8. The number of carbonyl (C=O) groups excluding carboxylic acids is 1. The molecule has 2 heterocycles. The van der Waals surface area contributed by atoms with Crippen LogP contribution < -0.4 is 15.0 Å². The molecule has 0 radical (unpaired) electrons. The van der Waals surface area contributed by atoms with Crippen molar-refractivity contribution in [2.45, 2.75) is 31.8 Å². The first kappa shape index (κ1) is 22.8. The molecule has 5 rings (SSSR count). The zero-order valence-corrected chi connectivity index (χ0v) is 18.9. The number of halogens is 3. The molecule has 1 aliphatic carbocycles. The number of likely N-dealkylation sites (tertiary alicyclic amines) is 1. The fourth-order valence-corrected chi connectivity index (χ4v) is 5.49. The lowest BCUT2D eigenvalue weighted by Gasteiger charge is -2.59. The Morgan fingerprint density at radius 3 is 2.24 bits per heavy atom. The molecule has 0 bridgehead atoms. The number of carbonyl (C=O) groups is 1. The maximum atomic E-state index is 12.7. The van der Waals surface area contributed by atoms with Crippen molar-refractivity contribution in [1.29, 1.82) is 0 Å². The van der Waals surface area contributed by atoms with E-state index in [9.17, 15) is 18.0 Å². The quantitative estimate of drug-likeness (QED) is 0.710. The molecule has 2 saturated heterocycles. The van der Waals surface area contributed by atoms with Crippen LogP contribution in [-0.4, -0.2) is 67.5 Å². The van der Waals surface area contributed by atoms with Crippen LogP contribution in [0.15, 0.2) is 54.6 Å². The van der Waals surface area contributed by atoms with E-state index in [-0.39, 0.29) is 17.8 Å². The first-order valence-electron chi connectivity index (χ1n) is 11.7. The highest BCUT2D eigenvalue weighted by molar-refractivity contribution is 5.75. The minimum Gasteiger partial charge on any atom is -0.406 e. The molecule has 3 fully saturated rings. The highest BCUT2D eigenvalue weighted by Crippen LogP contribution is 2.48. The second-order valence-corrected chi connectivity index (χ2v) is 9.70. The van der Waals surface area contributed by atoms with Gasteiger partial charge in [0.15, 0.2) is 0 Å². The van der Waals surface area contributed by atoms with Gasteiger partial charge in [-0.2, -0.15) is 0 Å². The smallest absolute Gasteiger partial charge is 0.406 e. The van der Waals surface area contributed by atoms with Gasteiger partial charge < -0.3 is 19.9 Å². The van der Waals surface area contributed by atoms with Crippen molar-refractivity contribution in [2.75, 3.05) is 44.2 Å². The molecule has 182 valence electrons. The third-order valence-corrected chi connectivity index (χ3v) is 7.06. The SMILES string of the molecule is O=C(NC1CC2(C1)CN(Cc1ccccc1)C2)N1CCN(c2ccc(OC(F)(F)F)cc2)CC1. The molecule has 0 unspecified atom stereocenters. The van der Waals surface area contributed by atoms with Crippen molar-refractivity contribution in [3.05, 3.63) is 60.2 Å². The number of nitrogens with one attached hydrogen (secondary N) is 1. The first-order valence-corrected chi connectivity index (χ1v) is 11.7. The largest absolute Gasteiger partial charge is 0.573 e. The monoisotopic (exact) mass is 474 g/mol. The van der Waals surface area contributed by atoms with Crippen LogP contribution in [0.3, 0.4) is 0 Å². The Bertz CT molecular complexity index is 977. The van der Waals surface area contributed by atoms with Crippen LogP contribution in [0.4, 0.5) is 23.7 Å². The minimum absolute atomic E-state index is 0.0195. The highest BCUT2D eigenvalue weighted by Gasteiger charge is 2.52. The van der Waals surface area contributed by atoms with Crippen molar-refractivity contribution in [3.8, 4) is 5.75 Å². The Hall–Kier alpha value is -2.94. The maximum Gasteiger partial charge on any atom is 0.573 e. The second-order valence-electron chi connectivity index (χ2n) is 9.70. The van der Waals surface area contributed by atoms with E-state index in [1.807, 2.05) is 11.0 Å². The number of urea groups is 1. The third-order valence-electron chi connectivity index (χ3n) is 7.06. The molecular weight excluding hydrogens is 445 g/mol. The van der Waals surface area contributed by atoms with Gasteiger partial charge in [0.1, 0.15) is 5.75 Å². The van der Waals surface area contributed by atoms with E-state index < -0.39 is 6.36 Å². The Labute approximate surface area is 197 Å². The molecule has 2 amide bonds. The normalized spacial score (nSPS) is 20.6. The van der Waals surface area contributed by atoms with Crippen LogP contribution in [0.5, 0.6) is 5.75 Å². The lowest BCUT2D eigenvalue weighted by Crippen LogP contribution is -2.67. The summed E-state index contributed by atoms with van der Waals surface area (Å²) in [5.74, 6) is -0.234. The van der Waals surface area contributed by atoms with Gasteiger partial charge in [0.05, 0.1) is 0 Å². The van der Waals surface area contributed by atoms with Gasteiger partial charge in [-0.3, -0.25) is 4.90 Å². The van der Waals surface area contributed by atoms with Gasteiger partial charge in [0, 0.05) is 57.5 Å². The standard InChI is InChI=1S/C25H29F3N4O2/c26-25(27,28)34-22-8-6-21(7-9-22)31-10-12-32(13-11-31)23(33)29-20-14-24(15-20)17-30(18-24)16-19-4-2-1-3-5-19/h1-9,20H,10-18H2,(H,29,33). The Morgan fingerprint density at radius 2 is 1.62 bits per heavy atom. The average Bonchev–Trinajstić information content (AvgIpc) is 2.76. The van der Waals surface area contributed by atoms with Gasteiger partial charge in [-0.1, -0.05) is 30.3 Å². The number of alkyl halides is 3. The van der Waals surface area contributed by atoms with E-state index in [4.69, 9.17) is 0 Å². The molecule has 0 aromatic heterocycles. The summed E-state index contributed by atoms with van der Waals surface area (Å²) in [5.41, 5.74) is 2.53. The lowest BCUT2D eigenvalue weighted by molar-refractivity contribution is -0.274. The van der Waals surface area contributed by atoms with E-state index in [1.165, 1.54) is 17.7 Å². The van der Waals surface area contributed by atoms with Crippen LogP contribution in [0.1, 0.15) is 18.4 Å². The zero-order valence-electron chi connectivity index (χ0n) is 18.9. The lowest BCUT2D eigenvalue weighted by atomic mass is 9.60. The van der Waals surface area contributed by atoms with Gasteiger partial charge in [0.25, 0.3) is 0 Å². The van der Waals surface area contributed by atoms with Gasteiger partial charge in [0.2, 0.25) is 0 Å². The number of hydrogen-bond acceptors (Lipinski definition) is 4. The van der Waals surface area contributed by atoms with E-state index in [0.717, 1.165) is 38.2 Å².